The van der Waals surface area contributed by atoms with Crippen molar-refractivity contribution in [1.29, 1.82) is 5.26 Å². The van der Waals surface area contributed by atoms with Crippen LogP contribution in [0.4, 0.5) is 0 Å². The lowest BCUT2D eigenvalue weighted by Gasteiger charge is -1.99. The van der Waals surface area contributed by atoms with Crippen LogP contribution in [0.15, 0.2) is 153 Å². The van der Waals surface area contributed by atoms with Gasteiger partial charge in [0.15, 0.2) is 0 Å². The number of benzene rings is 1. The maximum Gasteiger partial charge on any atom is 0.0992 e. The lowest BCUT2D eigenvalue weighted by Crippen LogP contribution is -1.90. The zero-order chi connectivity index (χ0) is 48.6. The van der Waals surface area contributed by atoms with E-state index >= 15 is 0 Å². The van der Waals surface area contributed by atoms with E-state index in [-0.39, 0.29) is 0 Å². The van der Waals surface area contributed by atoms with Crippen molar-refractivity contribution in [3.8, 4) is 6.07 Å². The van der Waals surface area contributed by atoms with E-state index < -0.39 is 0 Å². The fourth-order valence-corrected chi connectivity index (χ4v) is 8.35. The van der Waals surface area contributed by atoms with Crippen molar-refractivity contribution < 1.29 is 0 Å². The third kappa shape index (κ3) is 10.4. The average Bonchev–Trinajstić information content (AvgIpc) is 4.21. The van der Waals surface area contributed by atoms with Crippen LogP contribution in [0.25, 0.3) is 49.3 Å². The van der Waals surface area contributed by atoms with Gasteiger partial charge in [0, 0.05) is 121 Å². The molecule has 1 aromatic carbocycles. The Balaban J connectivity index is 0.000000121. The monoisotopic (exact) mass is 900 g/mol. The van der Waals surface area contributed by atoms with Crippen LogP contribution in [-0.2, 0) is 21.1 Å². The Labute approximate surface area is 398 Å². The fourth-order valence-electron chi connectivity index (χ4n) is 8.35. The molecule has 0 saturated heterocycles. The Morgan fingerprint density at radius 1 is 0.426 bits per heavy atom. The number of fused-ring (bicyclic) bond motifs is 6. The van der Waals surface area contributed by atoms with Gasteiger partial charge in [0.05, 0.1) is 52.0 Å². The summed E-state index contributed by atoms with van der Waals surface area (Å²) >= 11 is 0. The molecule has 68 heavy (non-hydrogen) atoms. The summed E-state index contributed by atoms with van der Waals surface area (Å²) in [5.74, 6) is 0. The summed E-state index contributed by atoms with van der Waals surface area (Å²) in [4.78, 5) is 8.32. The third-order valence-electron chi connectivity index (χ3n) is 12.4. The molecule has 0 unspecified atom stereocenters. The highest BCUT2D eigenvalue weighted by Crippen LogP contribution is 2.21. The predicted molar refractivity (Wildman–Crippen MR) is 279 cm³/mol. The highest BCUT2D eigenvalue weighted by molar-refractivity contribution is 5.85. The summed E-state index contributed by atoms with van der Waals surface area (Å²) in [6.45, 7) is 18.7. The Kier molecular flexibility index (Phi) is 14.7. The SMILES string of the molecule is Cc1cc(C#N)cc2c1ccn2C.Cc1cccn2c(C)ccc12.Cc1ccn2c(C)cccc12.Cc1cncc2c1ccn2C.Cc1nccn2c(C)ccc12.Cc1nncc2c1ccn2C. The maximum atomic E-state index is 8.79. The molecule has 0 aliphatic carbocycles. The zero-order valence-electron chi connectivity index (χ0n) is 41.4. The van der Waals surface area contributed by atoms with Crippen molar-refractivity contribution in [2.24, 2.45) is 21.1 Å². The van der Waals surface area contributed by atoms with Gasteiger partial charge in [-0.1, -0.05) is 12.1 Å². The second-order valence-electron chi connectivity index (χ2n) is 17.3. The van der Waals surface area contributed by atoms with Crippen LogP contribution in [0.2, 0.25) is 0 Å². The minimum Gasteiger partial charge on any atom is -0.351 e. The normalized spacial score (nSPS) is 10.6. The molecule has 0 radical (unpaired) electrons. The number of rotatable bonds is 0. The number of nitrogens with zero attached hydrogens (tertiary/aromatic N) is 11. The molecule has 0 bridgehead atoms. The average molecular weight is 900 g/mol. The Hall–Kier alpha value is -8.23. The predicted octanol–water partition coefficient (Wildman–Crippen LogP) is 12.6. The molecule has 0 N–H and O–H groups in total. The number of hydrogen-bond donors (Lipinski definition) is 0. The molecule has 12 aromatic rings. The minimum absolute atomic E-state index is 0.729. The summed E-state index contributed by atoms with van der Waals surface area (Å²) in [7, 11) is 6.02. The van der Waals surface area contributed by atoms with Crippen molar-refractivity contribution in [3.63, 3.8) is 0 Å². The number of aryl methyl sites for hydroxylation is 12. The van der Waals surface area contributed by atoms with Gasteiger partial charge in [-0.15, -0.1) is 0 Å². The van der Waals surface area contributed by atoms with Crippen molar-refractivity contribution in [2.75, 3.05) is 0 Å². The third-order valence-corrected chi connectivity index (χ3v) is 12.4. The van der Waals surface area contributed by atoms with E-state index in [0.717, 1.165) is 33.5 Å². The van der Waals surface area contributed by atoms with E-state index in [4.69, 9.17) is 5.26 Å². The van der Waals surface area contributed by atoms with Gasteiger partial charge in [0.1, 0.15) is 0 Å². The minimum atomic E-state index is 0.729. The zero-order valence-corrected chi connectivity index (χ0v) is 41.4. The lowest BCUT2D eigenvalue weighted by atomic mass is 10.1. The van der Waals surface area contributed by atoms with Gasteiger partial charge in [-0.25, -0.2) is 0 Å². The molecule has 11 aromatic heterocycles. The van der Waals surface area contributed by atoms with E-state index in [9.17, 15) is 0 Å². The number of hydrogen-bond acceptors (Lipinski definition) is 5. The molecule has 0 aliphatic rings. The van der Waals surface area contributed by atoms with Crippen LogP contribution in [0.5, 0.6) is 0 Å². The van der Waals surface area contributed by atoms with Crippen molar-refractivity contribution in [3.05, 3.63) is 209 Å². The number of pyridine rings is 3. The molecule has 12 rings (SSSR count). The molecule has 11 nitrogen and oxygen atoms in total. The first kappa shape index (κ1) is 47.7. The van der Waals surface area contributed by atoms with E-state index in [1.165, 1.54) is 72.0 Å². The molecule has 0 atom stereocenters. The highest BCUT2D eigenvalue weighted by atomic mass is 15.1. The van der Waals surface area contributed by atoms with Crippen LogP contribution in [-0.4, -0.2) is 47.1 Å². The van der Waals surface area contributed by atoms with Crippen LogP contribution in [0.3, 0.4) is 0 Å². The van der Waals surface area contributed by atoms with Crippen molar-refractivity contribution >= 4 is 49.3 Å². The summed E-state index contributed by atoms with van der Waals surface area (Å²) < 4.78 is 12.7. The maximum absolute atomic E-state index is 8.79. The number of aromatic nitrogens is 10. The Bertz CT molecular complexity index is 3240. The van der Waals surface area contributed by atoms with Gasteiger partial charge in [-0.2, -0.15) is 15.5 Å². The molecule has 0 fully saturated rings. The molecule has 0 saturated carbocycles. The van der Waals surface area contributed by atoms with Gasteiger partial charge in [0.25, 0.3) is 0 Å². The van der Waals surface area contributed by atoms with Gasteiger partial charge in [-0.05, 0) is 163 Å². The highest BCUT2D eigenvalue weighted by Gasteiger charge is 2.04. The first-order valence-corrected chi connectivity index (χ1v) is 22.7. The summed E-state index contributed by atoms with van der Waals surface area (Å²) in [5, 5.41) is 20.3. The Morgan fingerprint density at radius 3 is 1.63 bits per heavy atom. The molecular formula is C57H61N11. The molecule has 0 aliphatic heterocycles. The van der Waals surface area contributed by atoms with Gasteiger partial charge in [0.2, 0.25) is 0 Å². The van der Waals surface area contributed by atoms with E-state index in [1.54, 1.807) is 6.20 Å². The molecule has 11 heterocycles. The van der Waals surface area contributed by atoms with Gasteiger partial charge in [-0.3, -0.25) is 9.97 Å². The summed E-state index contributed by atoms with van der Waals surface area (Å²) in [6, 6.07) is 33.5. The van der Waals surface area contributed by atoms with Gasteiger partial charge < -0.3 is 26.9 Å². The smallest absolute Gasteiger partial charge is 0.0992 e. The molecule has 344 valence electrons. The number of nitriles is 1. The van der Waals surface area contributed by atoms with Crippen molar-refractivity contribution in [2.45, 2.75) is 62.3 Å². The van der Waals surface area contributed by atoms with Crippen LogP contribution in [0, 0.1) is 73.6 Å². The van der Waals surface area contributed by atoms with Crippen LogP contribution in [0.1, 0.15) is 56.3 Å². The van der Waals surface area contributed by atoms with E-state index in [1.807, 2.05) is 100 Å². The van der Waals surface area contributed by atoms with Crippen LogP contribution >= 0.6 is 0 Å². The largest absolute Gasteiger partial charge is 0.351 e. The first-order valence-electron chi connectivity index (χ1n) is 22.7. The summed E-state index contributed by atoms with van der Waals surface area (Å²) in [6.07, 6.45) is 19.7. The molecule has 11 heteroatoms. The van der Waals surface area contributed by atoms with Gasteiger partial charge >= 0.3 is 0 Å². The second-order valence-corrected chi connectivity index (χ2v) is 17.3. The van der Waals surface area contributed by atoms with E-state index in [2.05, 4.69) is 183 Å². The topological polar surface area (TPSA) is 103 Å². The fraction of sp³-hybridized carbons (Fsp3) is 0.211. The van der Waals surface area contributed by atoms with E-state index in [0.29, 0.717) is 0 Å². The lowest BCUT2D eigenvalue weighted by molar-refractivity contribution is 0.943. The van der Waals surface area contributed by atoms with Crippen molar-refractivity contribution in [1.82, 2.24) is 47.1 Å². The summed E-state index contributed by atoms with van der Waals surface area (Å²) in [5.41, 5.74) is 19.0. The second kappa shape index (κ2) is 20.9. The molecule has 0 spiro atoms. The Morgan fingerprint density at radius 2 is 1.00 bits per heavy atom. The quantitative estimate of drug-likeness (QED) is 0.151. The molecular weight excluding hydrogens is 839 g/mol. The van der Waals surface area contributed by atoms with Crippen LogP contribution < -0.4 is 0 Å². The standard InChI is InChI=1S/C11H10N2.2C10H11N.2C9H10N2.C8H9N3/c1-8-5-9(7-12)6-11-10(8)3-4-13(11)2;1-8-4-3-7-11-9(2)5-6-10(8)11;1-8-6-7-11-9(2)4-3-5-10(8)11;1-7-5-10-6-9-8(7)3-4-11(9)2;1-7-3-4-9-8(2)10-5-6-11(7)9;1-6-7-3-4-11(2)8(7)5-9-10-6/h3-6H,1-2H3;2*3-7H,1-2H3;2*3-6H,1-2H3;3-5H,1-2H3. The molecule has 0 amide bonds. The first-order chi connectivity index (χ1) is 32.7.